The van der Waals surface area contributed by atoms with Crippen LogP contribution in [0.5, 0.6) is 5.75 Å². The Morgan fingerprint density at radius 2 is 1.58 bits per heavy atom. The number of nitrogens with zero attached hydrogens (tertiary/aromatic N) is 2. The highest BCUT2D eigenvalue weighted by molar-refractivity contribution is 5.96. The molecule has 2 aromatic rings. The van der Waals surface area contributed by atoms with Crippen LogP contribution in [0.15, 0.2) is 54.6 Å². The van der Waals surface area contributed by atoms with Crippen molar-refractivity contribution in [2.24, 2.45) is 5.92 Å². The minimum atomic E-state index is -0.0766. The van der Waals surface area contributed by atoms with E-state index < -0.39 is 0 Å². The fourth-order valence-electron chi connectivity index (χ4n) is 5.67. The molecule has 1 saturated carbocycles. The van der Waals surface area contributed by atoms with Gasteiger partial charge in [0.05, 0.1) is 11.6 Å². The Morgan fingerprint density at radius 1 is 0.889 bits per heavy atom. The van der Waals surface area contributed by atoms with E-state index in [-0.39, 0.29) is 17.9 Å². The van der Waals surface area contributed by atoms with E-state index in [0.29, 0.717) is 30.3 Å². The van der Waals surface area contributed by atoms with Gasteiger partial charge < -0.3 is 14.5 Å². The van der Waals surface area contributed by atoms with Gasteiger partial charge in [-0.2, -0.15) is 0 Å². The van der Waals surface area contributed by atoms with Crippen LogP contribution in [-0.4, -0.2) is 54.4 Å². The third kappa shape index (κ3) is 7.35. The first kappa shape index (κ1) is 26.2. The largest absolute Gasteiger partial charge is 0.491 e. The molecule has 36 heavy (non-hydrogen) atoms. The van der Waals surface area contributed by atoms with Gasteiger partial charge in [-0.25, -0.2) is 0 Å². The maximum atomic E-state index is 13.6. The highest BCUT2D eigenvalue weighted by atomic mass is 16.5. The number of hydrogen-bond acceptors (Lipinski definition) is 3. The summed E-state index contributed by atoms with van der Waals surface area (Å²) in [5, 5.41) is 0. The number of amides is 2. The maximum Gasteiger partial charge on any atom is 0.257 e. The standard InChI is InChI=1S/C31H42N2O3/c1-32-21-11-2-3-12-22-33(30(34)20-19-25-13-7-8-14-25)27(23-26-15-5-4-6-16-26)24-36-29-18-10-9-17-28(29)31(32)35/h4-6,9-10,15-18,25,27H,2-3,7-8,11-14,19-24H2,1H3/t27-/m1/s1. The van der Waals surface area contributed by atoms with Crippen molar-refractivity contribution in [1.82, 2.24) is 9.80 Å². The fraction of sp³-hybridized carbons (Fsp3) is 0.548. The van der Waals surface area contributed by atoms with Crippen molar-refractivity contribution >= 4 is 11.8 Å². The number of rotatable bonds is 5. The summed E-state index contributed by atoms with van der Waals surface area (Å²) in [6, 6.07) is 17.8. The Labute approximate surface area is 216 Å². The predicted octanol–water partition coefficient (Wildman–Crippen LogP) is 6.12. The summed E-state index contributed by atoms with van der Waals surface area (Å²) in [5.41, 5.74) is 1.79. The summed E-state index contributed by atoms with van der Waals surface area (Å²) in [4.78, 5) is 30.7. The first-order valence-corrected chi connectivity index (χ1v) is 13.9. The lowest BCUT2D eigenvalue weighted by atomic mass is 9.99. The molecule has 0 unspecified atom stereocenters. The van der Waals surface area contributed by atoms with Gasteiger partial charge in [-0.1, -0.05) is 81.0 Å². The smallest absolute Gasteiger partial charge is 0.257 e. The van der Waals surface area contributed by atoms with Gasteiger partial charge in [0.1, 0.15) is 12.4 Å². The van der Waals surface area contributed by atoms with Gasteiger partial charge in [-0.05, 0) is 49.3 Å². The molecule has 2 amide bonds. The Morgan fingerprint density at radius 3 is 2.36 bits per heavy atom. The molecule has 5 nitrogen and oxygen atoms in total. The van der Waals surface area contributed by atoms with E-state index in [9.17, 15) is 9.59 Å². The van der Waals surface area contributed by atoms with E-state index in [1.807, 2.05) is 37.4 Å². The molecule has 1 aliphatic heterocycles. The van der Waals surface area contributed by atoms with Crippen LogP contribution in [0.3, 0.4) is 0 Å². The van der Waals surface area contributed by atoms with Gasteiger partial charge in [0.2, 0.25) is 5.91 Å². The molecule has 0 spiro atoms. The van der Waals surface area contributed by atoms with Crippen LogP contribution >= 0.6 is 0 Å². The molecule has 4 rings (SSSR count). The molecule has 0 aromatic heterocycles. The van der Waals surface area contributed by atoms with Crippen LogP contribution in [0.2, 0.25) is 0 Å². The maximum absolute atomic E-state index is 13.6. The van der Waals surface area contributed by atoms with Crippen LogP contribution in [-0.2, 0) is 11.2 Å². The van der Waals surface area contributed by atoms with Crippen molar-refractivity contribution in [3.05, 3.63) is 65.7 Å². The van der Waals surface area contributed by atoms with E-state index in [1.54, 1.807) is 4.90 Å². The normalized spacial score (nSPS) is 20.5. The summed E-state index contributed by atoms with van der Waals surface area (Å²) in [7, 11) is 1.87. The number of benzene rings is 2. The third-order valence-corrected chi connectivity index (χ3v) is 7.85. The van der Waals surface area contributed by atoms with Crippen molar-refractivity contribution in [3.63, 3.8) is 0 Å². The average molecular weight is 491 g/mol. The van der Waals surface area contributed by atoms with Crippen LogP contribution in [0.4, 0.5) is 0 Å². The molecule has 2 aromatic carbocycles. The van der Waals surface area contributed by atoms with E-state index >= 15 is 0 Å². The number of ether oxygens (including phenoxy) is 1. The molecular formula is C31H42N2O3. The highest BCUT2D eigenvalue weighted by Crippen LogP contribution is 2.29. The van der Waals surface area contributed by atoms with Gasteiger partial charge in [-0.3, -0.25) is 9.59 Å². The summed E-state index contributed by atoms with van der Waals surface area (Å²) in [6.07, 6.45) is 11.6. The molecule has 0 N–H and O–H groups in total. The van der Waals surface area contributed by atoms with Gasteiger partial charge >= 0.3 is 0 Å². The quantitative estimate of drug-likeness (QED) is 0.507. The van der Waals surface area contributed by atoms with Crippen molar-refractivity contribution in [3.8, 4) is 5.75 Å². The molecule has 0 radical (unpaired) electrons. The highest BCUT2D eigenvalue weighted by Gasteiger charge is 2.27. The molecule has 0 saturated heterocycles. The van der Waals surface area contributed by atoms with Crippen molar-refractivity contribution in [2.45, 2.75) is 76.7 Å². The SMILES string of the molecule is CN1CCCCCCN(C(=O)CCC2CCCC2)[C@H](Cc2ccccc2)COc2ccccc2C1=O. The number of para-hydroxylation sites is 1. The van der Waals surface area contributed by atoms with Crippen molar-refractivity contribution < 1.29 is 14.3 Å². The van der Waals surface area contributed by atoms with Crippen molar-refractivity contribution in [2.75, 3.05) is 26.7 Å². The lowest BCUT2D eigenvalue weighted by Gasteiger charge is -2.33. The fourth-order valence-corrected chi connectivity index (χ4v) is 5.67. The monoisotopic (exact) mass is 490 g/mol. The summed E-state index contributed by atoms with van der Waals surface area (Å²) in [6.45, 7) is 1.87. The minimum absolute atomic E-state index is 0.00763. The lowest BCUT2D eigenvalue weighted by Crippen LogP contribution is -2.45. The zero-order valence-electron chi connectivity index (χ0n) is 21.9. The number of fused-ring (bicyclic) bond motifs is 1. The molecule has 0 bridgehead atoms. The topological polar surface area (TPSA) is 49.9 Å². The minimum Gasteiger partial charge on any atom is -0.491 e. The summed E-state index contributed by atoms with van der Waals surface area (Å²) >= 11 is 0. The summed E-state index contributed by atoms with van der Waals surface area (Å²) in [5.74, 6) is 1.55. The second kappa shape index (κ2) is 13.5. The van der Waals surface area contributed by atoms with Crippen LogP contribution < -0.4 is 4.74 Å². The van der Waals surface area contributed by atoms with Gasteiger partial charge in [0.15, 0.2) is 0 Å². The van der Waals surface area contributed by atoms with E-state index in [2.05, 4.69) is 29.2 Å². The predicted molar refractivity (Wildman–Crippen MR) is 144 cm³/mol. The average Bonchev–Trinajstić information content (AvgIpc) is 3.43. The van der Waals surface area contributed by atoms with Crippen molar-refractivity contribution in [1.29, 1.82) is 0 Å². The molecule has 1 aliphatic carbocycles. The van der Waals surface area contributed by atoms with E-state index in [4.69, 9.17) is 4.74 Å². The molecule has 1 atom stereocenters. The van der Waals surface area contributed by atoms with Crippen LogP contribution in [0.1, 0.15) is 80.1 Å². The van der Waals surface area contributed by atoms with E-state index in [1.165, 1.54) is 31.2 Å². The first-order chi connectivity index (χ1) is 17.6. The Bertz CT molecular complexity index is 971. The Hall–Kier alpha value is -2.82. The number of carbonyl (C=O) groups excluding carboxylic acids is 2. The zero-order valence-corrected chi connectivity index (χ0v) is 21.9. The second-order valence-corrected chi connectivity index (χ2v) is 10.6. The number of carbonyl (C=O) groups is 2. The molecule has 1 heterocycles. The third-order valence-electron chi connectivity index (χ3n) is 7.85. The molecule has 194 valence electrons. The van der Waals surface area contributed by atoms with Gasteiger partial charge in [-0.15, -0.1) is 0 Å². The van der Waals surface area contributed by atoms with Crippen LogP contribution in [0, 0.1) is 5.92 Å². The number of hydrogen-bond donors (Lipinski definition) is 0. The molecular weight excluding hydrogens is 448 g/mol. The van der Waals surface area contributed by atoms with Gasteiger partial charge in [0, 0.05) is 26.6 Å². The Kier molecular flexibility index (Phi) is 9.83. The molecule has 2 aliphatic rings. The Balaban J connectivity index is 1.57. The lowest BCUT2D eigenvalue weighted by molar-refractivity contribution is -0.134. The molecule has 1 fully saturated rings. The van der Waals surface area contributed by atoms with E-state index in [0.717, 1.165) is 51.6 Å². The molecule has 5 heteroatoms. The second-order valence-electron chi connectivity index (χ2n) is 10.6. The first-order valence-electron chi connectivity index (χ1n) is 13.9. The zero-order chi connectivity index (χ0) is 25.2. The van der Waals surface area contributed by atoms with Crippen LogP contribution in [0.25, 0.3) is 0 Å². The summed E-state index contributed by atoms with van der Waals surface area (Å²) < 4.78 is 6.35. The van der Waals surface area contributed by atoms with Gasteiger partial charge in [0.25, 0.3) is 5.91 Å².